The van der Waals surface area contributed by atoms with E-state index in [0.29, 0.717) is 11.8 Å². The third kappa shape index (κ3) is 4.33. The minimum atomic E-state index is -3.74. The molecule has 7 heteroatoms. The summed E-state index contributed by atoms with van der Waals surface area (Å²) in [5.74, 6) is -0.675. The largest absolute Gasteiger partial charge is 0.260 e. The fraction of sp³-hybridized carbons (Fsp3) is 0.500. The summed E-state index contributed by atoms with van der Waals surface area (Å²) in [6.45, 7) is 3.52. The van der Waals surface area contributed by atoms with Gasteiger partial charge in [0, 0.05) is 17.1 Å². The lowest BCUT2D eigenvalue weighted by Gasteiger charge is -2.24. The molecular weight excluding hydrogens is 311 g/mol. The Balaban J connectivity index is 2.97. The lowest BCUT2D eigenvalue weighted by Crippen LogP contribution is -2.43. The number of alkyl halides is 1. The minimum absolute atomic E-state index is 0.167. The maximum atomic E-state index is 12.9. The van der Waals surface area contributed by atoms with E-state index in [9.17, 15) is 12.8 Å². The van der Waals surface area contributed by atoms with E-state index in [1.807, 2.05) is 0 Å². The number of sulfonamides is 1. The Kier molecular flexibility index (Phi) is 4.62. The molecule has 96 valence electrons. The van der Waals surface area contributed by atoms with E-state index in [2.05, 4.69) is 25.6 Å². The summed E-state index contributed by atoms with van der Waals surface area (Å²) in [5.41, 5.74) is -0.603. The maximum absolute atomic E-state index is 12.9. The van der Waals surface area contributed by atoms with E-state index in [1.165, 1.54) is 0 Å². The predicted molar refractivity (Wildman–Crippen MR) is 67.0 cm³/mol. The van der Waals surface area contributed by atoms with Gasteiger partial charge in [0.05, 0.1) is 6.20 Å². The highest BCUT2D eigenvalue weighted by molar-refractivity contribution is 9.09. The normalized spacial score (nSPS) is 12.7. The van der Waals surface area contributed by atoms with Crippen LogP contribution in [0, 0.1) is 5.82 Å². The summed E-state index contributed by atoms with van der Waals surface area (Å²) in [5, 5.41) is 0.671. The number of halogens is 2. The van der Waals surface area contributed by atoms with Crippen molar-refractivity contribution in [3.63, 3.8) is 0 Å². The second-order valence-electron chi connectivity index (χ2n) is 4.27. The van der Waals surface area contributed by atoms with E-state index in [0.717, 1.165) is 18.5 Å². The molecule has 0 atom stereocenters. The third-order valence-electron chi connectivity index (χ3n) is 2.12. The highest BCUT2D eigenvalue weighted by atomic mass is 79.9. The third-order valence-corrected chi connectivity index (χ3v) is 4.18. The summed E-state index contributed by atoms with van der Waals surface area (Å²) < 4.78 is 39.3. The highest BCUT2D eigenvalue weighted by Crippen LogP contribution is 2.16. The molecule has 0 spiro atoms. The minimum Gasteiger partial charge on any atom is -0.260 e. The van der Waals surface area contributed by atoms with Crippen molar-refractivity contribution >= 4 is 26.0 Å². The molecule has 0 bridgehead atoms. The Labute approximate surface area is 109 Å². The van der Waals surface area contributed by atoms with Crippen LogP contribution in [0.1, 0.15) is 20.3 Å². The molecule has 0 amide bonds. The van der Waals surface area contributed by atoms with Crippen LogP contribution in [0.25, 0.3) is 0 Å². The molecule has 0 aliphatic carbocycles. The molecule has 0 saturated carbocycles. The number of nitrogens with zero attached hydrogens (tertiary/aromatic N) is 1. The lowest BCUT2D eigenvalue weighted by molar-refractivity contribution is 0.443. The van der Waals surface area contributed by atoms with Gasteiger partial charge in [-0.2, -0.15) is 0 Å². The first kappa shape index (κ1) is 14.5. The molecule has 0 saturated heterocycles. The fourth-order valence-corrected chi connectivity index (χ4v) is 3.66. The zero-order chi connectivity index (χ0) is 13.1. The van der Waals surface area contributed by atoms with Gasteiger partial charge in [0.1, 0.15) is 10.7 Å². The first-order chi connectivity index (χ1) is 7.77. The number of aromatic nitrogens is 1. The summed E-state index contributed by atoms with van der Waals surface area (Å²) >= 11 is 3.25. The van der Waals surface area contributed by atoms with Crippen LogP contribution in [0.3, 0.4) is 0 Å². The van der Waals surface area contributed by atoms with Gasteiger partial charge in [-0.15, -0.1) is 0 Å². The molecule has 0 aliphatic heterocycles. The number of nitrogens with one attached hydrogen (secondary N) is 1. The SMILES string of the molecule is CC(C)(CCBr)NS(=O)(=O)c1cncc(F)c1. The van der Waals surface area contributed by atoms with Crippen LogP contribution >= 0.6 is 15.9 Å². The van der Waals surface area contributed by atoms with E-state index in [1.54, 1.807) is 13.8 Å². The van der Waals surface area contributed by atoms with Crippen LogP contribution < -0.4 is 4.72 Å². The topological polar surface area (TPSA) is 59.1 Å². The van der Waals surface area contributed by atoms with Crippen LogP contribution in [0.4, 0.5) is 4.39 Å². The molecule has 4 nitrogen and oxygen atoms in total. The first-order valence-corrected chi connectivity index (χ1v) is 7.58. The van der Waals surface area contributed by atoms with Gasteiger partial charge in [-0.25, -0.2) is 17.5 Å². The predicted octanol–water partition coefficient (Wildman–Crippen LogP) is 2.06. The molecule has 0 aromatic carbocycles. The molecule has 1 aromatic rings. The van der Waals surface area contributed by atoms with Crippen molar-refractivity contribution in [3.8, 4) is 0 Å². The molecule has 0 fully saturated rings. The van der Waals surface area contributed by atoms with Gasteiger partial charge in [0.2, 0.25) is 10.0 Å². The molecule has 0 aliphatic rings. The second kappa shape index (κ2) is 5.41. The van der Waals surface area contributed by atoms with Crippen molar-refractivity contribution in [3.05, 3.63) is 24.3 Å². The molecular formula is C10H14BrFN2O2S. The van der Waals surface area contributed by atoms with Crippen molar-refractivity contribution in [2.75, 3.05) is 5.33 Å². The Morgan fingerprint density at radius 1 is 1.47 bits per heavy atom. The van der Waals surface area contributed by atoms with Gasteiger partial charge < -0.3 is 0 Å². The Morgan fingerprint density at radius 3 is 2.65 bits per heavy atom. The highest BCUT2D eigenvalue weighted by Gasteiger charge is 2.26. The van der Waals surface area contributed by atoms with Crippen LogP contribution in [0.2, 0.25) is 0 Å². The molecule has 17 heavy (non-hydrogen) atoms. The van der Waals surface area contributed by atoms with Gasteiger partial charge in [0.25, 0.3) is 0 Å². The van der Waals surface area contributed by atoms with Crippen molar-refractivity contribution in [1.82, 2.24) is 9.71 Å². The standard InChI is InChI=1S/C10H14BrFN2O2S/c1-10(2,3-4-11)14-17(15,16)9-5-8(12)6-13-7-9/h5-7,14H,3-4H2,1-2H3. The number of hydrogen-bond acceptors (Lipinski definition) is 3. The second-order valence-corrected chi connectivity index (χ2v) is 6.74. The average Bonchev–Trinajstić information content (AvgIpc) is 2.15. The summed E-state index contributed by atoms with van der Waals surface area (Å²) in [7, 11) is -3.74. The number of hydrogen-bond donors (Lipinski definition) is 1. The summed E-state index contributed by atoms with van der Waals surface area (Å²) in [6, 6.07) is 0.944. The van der Waals surface area contributed by atoms with Gasteiger partial charge >= 0.3 is 0 Å². The molecule has 1 rings (SSSR count). The molecule has 1 heterocycles. The van der Waals surface area contributed by atoms with Crippen molar-refractivity contribution in [2.24, 2.45) is 0 Å². The quantitative estimate of drug-likeness (QED) is 0.843. The first-order valence-electron chi connectivity index (χ1n) is 4.97. The van der Waals surface area contributed by atoms with Crippen molar-refractivity contribution < 1.29 is 12.8 Å². The van der Waals surface area contributed by atoms with Gasteiger partial charge in [0.15, 0.2) is 0 Å². The van der Waals surface area contributed by atoms with Gasteiger partial charge in [-0.1, -0.05) is 15.9 Å². The molecule has 0 radical (unpaired) electrons. The van der Waals surface area contributed by atoms with E-state index in [-0.39, 0.29) is 4.90 Å². The van der Waals surface area contributed by atoms with Crippen molar-refractivity contribution in [2.45, 2.75) is 30.7 Å². The zero-order valence-electron chi connectivity index (χ0n) is 9.57. The Morgan fingerprint density at radius 2 is 2.12 bits per heavy atom. The zero-order valence-corrected chi connectivity index (χ0v) is 12.0. The summed E-state index contributed by atoms with van der Waals surface area (Å²) in [4.78, 5) is 3.36. The summed E-state index contributed by atoms with van der Waals surface area (Å²) in [6.07, 6.45) is 2.70. The molecule has 1 N–H and O–H groups in total. The monoisotopic (exact) mass is 324 g/mol. The number of pyridine rings is 1. The van der Waals surface area contributed by atoms with Crippen LogP contribution in [0.15, 0.2) is 23.4 Å². The number of rotatable bonds is 5. The van der Waals surface area contributed by atoms with E-state index in [4.69, 9.17) is 0 Å². The van der Waals surface area contributed by atoms with E-state index >= 15 is 0 Å². The molecule has 0 unspecified atom stereocenters. The Bertz CT molecular complexity index is 491. The lowest BCUT2D eigenvalue weighted by atomic mass is 10.0. The Hall–Kier alpha value is -0.530. The smallest absolute Gasteiger partial charge is 0.242 e. The maximum Gasteiger partial charge on any atom is 0.242 e. The van der Waals surface area contributed by atoms with Crippen LogP contribution in [-0.4, -0.2) is 24.3 Å². The van der Waals surface area contributed by atoms with Crippen LogP contribution in [-0.2, 0) is 10.0 Å². The van der Waals surface area contributed by atoms with Gasteiger partial charge in [-0.05, 0) is 26.3 Å². The van der Waals surface area contributed by atoms with E-state index < -0.39 is 21.4 Å². The average molecular weight is 325 g/mol. The van der Waals surface area contributed by atoms with Gasteiger partial charge in [-0.3, -0.25) is 4.98 Å². The fourth-order valence-electron chi connectivity index (χ4n) is 1.25. The van der Waals surface area contributed by atoms with Crippen molar-refractivity contribution in [1.29, 1.82) is 0 Å². The van der Waals surface area contributed by atoms with Crippen LogP contribution in [0.5, 0.6) is 0 Å². The molecule has 1 aromatic heterocycles.